The Morgan fingerprint density at radius 1 is 0.971 bits per heavy atom. The molecule has 2 aromatic carbocycles. The van der Waals surface area contributed by atoms with Gasteiger partial charge >= 0.3 is 0 Å². The third-order valence-electron chi connectivity index (χ3n) is 7.28. The number of benzene rings is 2. The SMILES string of the molecule is c1ccc2c(CN(CCCN3CCOCC3)c3ncnc4sc5c(c34)CCCC5)cccc2c1. The predicted molar refractivity (Wildman–Crippen MR) is 141 cm³/mol. The molecule has 3 heterocycles. The van der Waals surface area contributed by atoms with Crippen LogP contribution in [0, 0.1) is 0 Å². The van der Waals surface area contributed by atoms with E-state index in [0.29, 0.717) is 0 Å². The fraction of sp³-hybridized carbons (Fsp3) is 0.429. The van der Waals surface area contributed by atoms with Gasteiger partial charge in [0, 0.05) is 37.6 Å². The number of thiophene rings is 1. The summed E-state index contributed by atoms with van der Waals surface area (Å²) in [5, 5.41) is 3.95. The van der Waals surface area contributed by atoms with Crippen molar-refractivity contribution in [1.29, 1.82) is 0 Å². The summed E-state index contributed by atoms with van der Waals surface area (Å²) in [6.45, 7) is 6.74. The summed E-state index contributed by atoms with van der Waals surface area (Å²) >= 11 is 1.89. The minimum Gasteiger partial charge on any atom is -0.379 e. The third-order valence-corrected chi connectivity index (χ3v) is 8.48. The van der Waals surface area contributed by atoms with Gasteiger partial charge in [0.2, 0.25) is 0 Å². The van der Waals surface area contributed by atoms with Crippen molar-refractivity contribution in [2.75, 3.05) is 44.3 Å². The second-order valence-electron chi connectivity index (χ2n) is 9.46. The van der Waals surface area contributed by atoms with Gasteiger partial charge in [0.05, 0.1) is 18.6 Å². The molecule has 0 unspecified atom stereocenters. The quantitative estimate of drug-likeness (QED) is 0.358. The van der Waals surface area contributed by atoms with Crippen LogP contribution in [0.25, 0.3) is 21.0 Å². The van der Waals surface area contributed by atoms with E-state index < -0.39 is 0 Å². The summed E-state index contributed by atoms with van der Waals surface area (Å²) in [6.07, 6.45) is 7.80. The molecule has 1 aliphatic carbocycles. The second-order valence-corrected chi connectivity index (χ2v) is 10.5. The van der Waals surface area contributed by atoms with Crippen LogP contribution in [0.15, 0.2) is 48.8 Å². The highest BCUT2D eigenvalue weighted by Gasteiger charge is 2.23. The van der Waals surface area contributed by atoms with Crippen LogP contribution in [0.3, 0.4) is 0 Å². The molecule has 0 amide bonds. The van der Waals surface area contributed by atoms with E-state index in [9.17, 15) is 0 Å². The number of morpholine rings is 1. The highest BCUT2D eigenvalue weighted by molar-refractivity contribution is 7.19. The lowest BCUT2D eigenvalue weighted by atomic mass is 9.96. The van der Waals surface area contributed by atoms with Gasteiger partial charge in [-0.2, -0.15) is 0 Å². The van der Waals surface area contributed by atoms with Crippen molar-refractivity contribution >= 4 is 38.1 Å². The summed E-state index contributed by atoms with van der Waals surface area (Å²) in [4.78, 5) is 17.4. The number of aromatic nitrogens is 2. The highest BCUT2D eigenvalue weighted by Crippen LogP contribution is 2.39. The van der Waals surface area contributed by atoms with E-state index in [-0.39, 0.29) is 0 Å². The number of fused-ring (bicyclic) bond motifs is 4. The van der Waals surface area contributed by atoms with Crippen LogP contribution < -0.4 is 4.90 Å². The lowest BCUT2D eigenvalue weighted by Gasteiger charge is -2.29. The van der Waals surface area contributed by atoms with Gasteiger partial charge in [0.1, 0.15) is 17.0 Å². The molecular formula is C28H32N4OS. The number of aryl methyl sites for hydroxylation is 2. The van der Waals surface area contributed by atoms with Crippen molar-refractivity contribution in [2.45, 2.75) is 38.6 Å². The van der Waals surface area contributed by atoms with Crippen LogP contribution in [-0.2, 0) is 24.1 Å². The Morgan fingerprint density at radius 2 is 1.82 bits per heavy atom. The van der Waals surface area contributed by atoms with Crippen molar-refractivity contribution in [3.05, 3.63) is 64.8 Å². The normalized spacial score (nSPS) is 16.7. The molecule has 4 aromatic rings. The minimum absolute atomic E-state index is 0.854. The minimum atomic E-state index is 0.854. The zero-order valence-electron chi connectivity index (χ0n) is 19.7. The molecule has 1 fully saturated rings. The van der Waals surface area contributed by atoms with Crippen molar-refractivity contribution < 1.29 is 4.74 Å². The summed E-state index contributed by atoms with van der Waals surface area (Å²) in [5.41, 5.74) is 2.87. The van der Waals surface area contributed by atoms with Crippen LogP contribution >= 0.6 is 11.3 Å². The maximum absolute atomic E-state index is 5.54. The van der Waals surface area contributed by atoms with Gasteiger partial charge in [-0.15, -0.1) is 11.3 Å². The number of hydrogen-bond acceptors (Lipinski definition) is 6. The fourth-order valence-corrected chi connectivity index (χ4v) is 6.74. The second kappa shape index (κ2) is 9.98. The van der Waals surface area contributed by atoms with Crippen LogP contribution in [0.4, 0.5) is 5.82 Å². The number of nitrogens with zero attached hydrogens (tertiary/aromatic N) is 4. The summed E-state index contributed by atoms with van der Waals surface area (Å²) < 4.78 is 5.54. The lowest BCUT2D eigenvalue weighted by Crippen LogP contribution is -2.38. The Hall–Kier alpha value is -2.54. The summed E-state index contributed by atoms with van der Waals surface area (Å²) in [5.74, 6) is 1.12. The molecule has 0 spiro atoms. The number of hydrogen-bond donors (Lipinski definition) is 0. The Morgan fingerprint density at radius 3 is 2.76 bits per heavy atom. The molecule has 2 aliphatic rings. The third kappa shape index (κ3) is 4.42. The molecule has 2 aromatic heterocycles. The standard InChI is InChI=1S/C28H32N4OS/c1-2-10-23-21(7-1)8-5-9-22(23)19-32(14-6-13-31-15-17-33-18-16-31)27-26-24-11-3-4-12-25(24)34-28(26)30-20-29-27/h1-2,5,7-10,20H,3-4,6,11-19H2. The summed E-state index contributed by atoms with van der Waals surface area (Å²) in [6, 6.07) is 15.4. The van der Waals surface area contributed by atoms with E-state index in [4.69, 9.17) is 14.7 Å². The van der Waals surface area contributed by atoms with Gasteiger partial charge in [-0.25, -0.2) is 9.97 Å². The molecule has 0 radical (unpaired) electrons. The van der Waals surface area contributed by atoms with Crippen molar-refractivity contribution in [2.24, 2.45) is 0 Å². The zero-order valence-corrected chi connectivity index (χ0v) is 20.5. The molecule has 176 valence electrons. The van der Waals surface area contributed by atoms with E-state index in [0.717, 1.165) is 69.4 Å². The van der Waals surface area contributed by atoms with E-state index >= 15 is 0 Å². The molecular weight excluding hydrogens is 440 g/mol. The van der Waals surface area contributed by atoms with Crippen molar-refractivity contribution in [1.82, 2.24) is 14.9 Å². The first-order valence-corrected chi connectivity index (χ1v) is 13.5. The van der Waals surface area contributed by atoms with Crippen LogP contribution in [0.1, 0.15) is 35.3 Å². The number of ether oxygens (including phenoxy) is 1. The van der Waals surface area contributed by atoms with Gasteiger partial charge in [-0.3, -0.25) is 4.90 Å². The molecule has 0 saturated carbocycles. The topological polar surface area (TPSA) is 41.5 Å². The lowest BCUT2D eigenvalue weighted by molar-refractivity contribution is 0.0376. The highest BCUT2D eigenvalue weighted by atomic mass is 32.1. The largest absolute Gasteiger partial charge is 0.379 e. The number of rotatable bonds is 7. The zero-order chi connectivity index (χ0) is 22.7. The molecule has 0 bridgehead atoms. The monoisotopic (exact) mass is 472 g/mol. The predicted octanol–water partition coefficient (Wildman–Crippen LogP) is 5.45. The summed E-state index contributed by atoms with van der Waals surface area (Å²) in [7, 11) is 0. The average Bonchev–Trinajstić information content (AvgIpc) is 3.28. The molecule has 5 nitrogen and oxygen atoms in total. The molecule has 0 N–H and O–H groups in total. The first kappa shape index (κ1) is 22.0. The fourth-order valence-electron chi connectivity index (χ4n) is 5.52. The molecule has 6 rings (SSSR count). The number of anilines is 1. The average molecular weight is 473 g/mol. The molecule has 1 saturated heterocycles. The Kier molecular flexibility index (Phi) is 6.45. The Balaban J connectivity index is 1.35. The van der Waals surface area contributed by atoms with E-state index in [1.165, 1.54) is 51.4 Å². The van der Waals surface area contributed by atoms with Gasteiger partial charge in [-0.05, 0) is 54.0 Å². The van der Waals surface area contributed by atoms with E-state index in [1.807, 2.05) is 11.3 Å². The van der Waals surface area contributed by atoms with Crippen LogP contribution in [-0.4, -0.2) is 54.3 Å². The van der Waals surface area contributed by atoms with Crippen LogP contribution in [0.5, 0.6) is 0 Å². The molecule has 34 heavy (non-hydrogen) atoms. The maximum atomic E-state index is 5.54. The van der Waals surface area contributed by atoms with Gasteiger partial charge in [0.15, 0.2) is 0 Å². The molecule has 6 heteroatoms. The van der Waals surface area contributed by atoms with Crippen molar-refractivity contribution in [3.63, 3.8) is 0 Å². The first-order valence-electron chi connectivity index (χ1n) is 12.6. The Labute approximate surface area is 205 Å². The van der Waals surface area contributed by atoms with Crippen LogP contribution in [0.2, 0.25) is 0 Å². The molecule has 1 aliphatic heterocycles. The van der Waals surface area contributed by atoms with Gasteiger partial charge in [0.25, 0.3) is 0 Å². The maximum Gasteiger partial charge on any atom is 0.141 e. The van der Waals surface area contributed by atoms with Gasteiger partial charge < -0.3 is 9.64 Å². The smallest absolute Gasteiger partial charge is 0.141 e. The van der Waals surface area contributed by atoms with Gasteiger partial charge in [-0.1, -0.05) is 42.5 Å². The first-order chi connectivity index (χ1) is 16.9. The molecule has 0 atom stereocenters. The van der Waals surface area contributed by atoms with E-state index in [2.05, 4.69) is 52.3 Å². The van der Waals surface area contributed by atoms with E-state index in [1.54, 1.807) is 6.33 Å². The Bertz CT molecular complexity index is 1270. The van der Waals surface area contributed by atoms with Crippen molar-refractivity contribution in [3.8, 4) is 0 Å².